The molecular weight excluding hydrogens is 262 g/mol. The van der Waals surface area contributed by atoms with E-state index in [-0.39, 0.29) is 5.56 Å². The number of aromatic nitrogens is 1. The number of aromatic carboxylic acids is 1. The lowest BCUT2D eigenvalue weighted by atomic mass is 9.89. The third kappa shape index (κ3) is 2.71. The largest absolute Gasteiger partial charge is 0.477 e. The Morgan fingerprint density at radius 1 is 1.50 bits per heavy atom. The third-order valence-electron chi connectivity index (χ3n) is 3.95. The first-order chi connectivity index (χ1) is 9.40. The van der Waals surface area contributed by atoms with Gasteiger partial charge in [-0.2, -0.15) is 0 Å². The summed E-state index contributed by atoms with van der Waals surface area (Å²) < 4.78 is 0. The van der Waals surface area contributed by atoms with Crippen LogP contribution in [0.1, 0.15) is 30.6 Å². The average molecular weight is 279 g/mol. The number of hydrogen-bond acceptors (Lipinski definition) is 5. The second-order valence-electron chi connectivity index (χ2n) is 5.31. The van der Waals surface area contributed by atoms with E-state index in [1.54, 1.807) is 0 Å². The number of pyridine rings is 1. The maximum Gasteiger partial charge on any atom is 0.342 e. The Morgan fingerprint density at radius 2 is 2.20 bits per heavy atom. The minimum atomic E-state index is -1.31. The van der Waals surface area contributed by atoms with Gasteiger partial charge >= 0.3 is 11.7 Å². The van der Waals surface area contributed by atoms with Crippen molar-refractivity contribution in [2.45, 2.75) is 20.3 Å². The van der Waals surface area contributed by atoms with Gasteiger partial charge in [0, 0.05) is 19.2 Å². The highest BCUT2D eigenvalue weighted by Gasteiger charge is 2.26. The molecule has 1 fully saturated rings. The fourth-order valence-corrected chi connectivity index (χ4v) is 2.40. The van der Waals surface area contributed by atoms with Gasteiger partial charge in [-0.05, 0) is 18.3 Å². The van der Waals surface area contributed by atoms with E-state index in [1.165, 1.54) is 6.07 Å². The number of nitro groups is 1. The molecule has 2 heterocycles. The van der Waals surface area contributed by atoms with Crippen molar-refractivity contribution in [1.29, 1.82) is 0 Å². The normalized spacial score (nSPS) is 22.6. The first kappa shape index (κ1) is 14.2. The van der Waals surface area contributed by atoms with Crippen molar-refractivity contribution in [1.82, 2.24) is 4.98 Å². The van der Waals surface area contributed by atoms with Gasteiger partial charge in [0.2, 0.25) is 0 Å². The predicted molar refractivity (Wildman–Crippen MR) is 73.0 cm³/mol. The summed E-state index contributed by atoms with van der Waals surface area (Å²) in [6.45, 7) is 5.90. The molecule has 0 radical (unpaired) electrons. The molecule has 0 aromatic carbocycles. The van der Waals surface area contributed by atoms with Gasteiger partial charge in [-0.1, -0.05) is 13.8 Å². The molecule has 1 N–H and O–H groups in total. The highest BCUT2D eigenvalue weighted by Crippen LogP contribution is 2.28. The van der Waals surface area contributed by atoms with Gasteiger partial charge in [0.15, 0.2) is 0 Å². The standard InChI is InChI=1S/C13H17N3O4/c1-8-3-4-15(7-9(8)2)12-5-10(13(17)18)11(6-14-12)16(19)20/h5-6,8-9H,3-4,7H2,1-2H3,(H,17,18). The van der Waals surface area contributed by atoms with Gasteiger partial charge < -0.3 is 10.0 Å². The number of hydrogen-bond donors (Lipinski definition) is 1. The van der Waals surface area contributed by atoms with Crippen LogP contribution in [0.4, 0.5) is 11.5 Å². The first-order valence-electron chi connectivity index (χ1n) is 6.52. The van der Waals surface area contributed by atoms with Crippen molar-refractivity contribution in [2.24, 2.45) is 11.8 Å². The van der Waals surface area contributed by atoms with Gasteiger partial charge in [0.1, 0.15) is 17.6 Å². The van der Waals surface area contributed by atoms with Crippen LogP contribution >= 0.6 is 0 Å². The Kier molecular flexibility index (Phi) is 3.87. The molecule has 2 atom stereocenters. The van der Waals surface area contributed by atoms with E-state index >= 15 is 0 Å². The Labute approximate surface area is 116 Å². The van der Waals surface area contributed by atoms with E-state index in [4.69, 9.17) is 5.11 Å². The molecule has 1 aromatic heterocycles. The molecule has 1 saturated heterocycles. The zero-order valence-corrected chi connectivity index (χ0v) is 11.4. The molecule has 7 nitrogen and oxygen atoms in total. The van der Waals surface area contributed by atoms with E-state index in [2.05, 4.69) is 18.8 Å². The van der Waals surface area contributed by atoms with Crippen molar-refractivity contribution < 1.29 is 14.8 Å². The maximum atomic E-state index is 11.1. The summed E-state index contributed by atoms with van der Waals surface area (Å²) in [5, 5.41) is 19.9. The molecule has 2 unspecified atom stereocenters. The van der Waals surface area contributed by atoms with Crippen molar-refractivity contribution in [3.05, 3.63) is 27.9 Å². The molecule has 0 spiro atoms. The number of carbonyl (C=O) groups is 1. The van der Waals surface area contributed by atoms with Crippen molar-refractivity contribution in [3.8, 4) is 0 Å². The summed E-state index contributed by atoms with van der Waals surface area (Å²) in [5.41, 5.74) is -0.786. The number of carboxylic acids is 1. The number of carboxylic acid groups (broad SMARTS) is 1. The molecule has 0 amide bonds. The topological polar surface area (TPSA) is 96.6 Å². The summed E-state index contributed by atoms with van der Waals surface area (Å²) in [5.74, 6) is 0.280. The number of anilines is 1. The van der Waals surface area contributed by atoms with Gasteiger partial charge in [-0.15, -0.1) is 0 Å². The predicted octanol–water partition coefficient (Wildman–Crippen LogP) is 2.17. The van der Waals surface area contributed by atoms with Crippen LogP contribution < -0.4 is 4.90 Å². The molecule has 7 heteroatoms. The number of rotatable bonds is 3. The Bertz CT molecular complexity index is 546. The Balaban J connectivity index is 2.32. The zero-order chi connectivity index (χ0) is 14.9. The van der Waals surface area contributed by atoms with Gasteiger partial charge in [-0.3, -0.25) is 10.1 Å². The van der Waals surface area contributed by atoms with Gasteiger partial charge in [-0.25, -0.2) is 9.78 Å². The lowest BCUT2D eigenvalue weighted by Crippen LogP contribution is -2.39. The maximum absolute atomic E-state index is 11.1. The molecular formula is C13H17N3O4. The van der Waals surface area contributed by atoms with Crippen LogP contribution in [0.2, 0.25) is 0 Å². The SMILES string of the molecule is CC1CCN(c2cc(C(=O)O)c([N+](=O)[O-])cn2)CC1C. The second kappa shape index (κ2) is 5.44. The fourth-order valence-electron chi connectivity index (χ4n) is 2.40. The summed E-state index contributed by atoms with van der Waals surface area (Å²) in [6.07, 6.45) is 2.03. The van der Waals surface area contributed by atoms with Crippen LogP contribution in [0.25, 0.3) is 0 Å². The monoisotopic (exact) mass is 279 g/mol. The summed E-state index contributed by atoms with van der Waals surface area (Å²) in [7, 11) is 0. The van der Waals surface area contributed by atoms with Crippen LogP contribution in [-0.2, 0) is 0 Å². The third-order valence-corrected chi connectivity index (χ3v) is 3.95. The lowest BCUT2D eigenvalue weighted by molar-refractivity contribution is -0.385. The van der Waals surface area contributed by atoms with Crippen LogP contribution in [0, 0.1) is 22.0 Å². The first-order valence-corrected chi connectivity index (χ1v) is 6.52. The van der Waals surface area contributed by atoms with Gasteiger partial charge in [0.25, 0.3) is 0 Å². The minimum Gasteiger partial charge on any atom is -0.477 e. The molecule has 0 aliphatic carbocycles. The number of nitrogens with zero attached hydrogens (tertiary/aromatic N) is 3. The smallest absolute Gasteiger partial charge is 0.342 e. The highest BCUT2D eigenvalue weighted by molar-refractivity contribution is 5.93. The van der Waals surface area contributed by atoms with Crippen LogP contribution in [0.15, 0.2) is 12.3 Å². The van der Waals surface area contributed by atoms with E-state index in [0.717, 1.165) is 25.7 Å². The summed E-state index contributed by atoms with van der Waals surface area (Å²) >= 11 is 0. The average Bonchev–Trinajstić information content (AvgIpc) is 2.41. The molecule has 2 rings (SSSR count). The van der Waals surface area contributed by atoms with E-state index < -0.39 is 16.6 Å². The quantitative estimate of drug-likeness (QED) is 0.672. The fraction of sp³-hybridized carbons (Fsp3) is 0.538. The van der Waals surface area contributed by atoms with E-state index in [9.17, 15) is 14.9 Å². The molecule has 1 aliphatic heterocycles. The lowest BCUT2D eigenvalue weighted by Gasteiger charge is -2.36. The zero-order valence-electron chi connectivity index (χ0n) is 11.4. The van der Waals surface area contributed by atoms with Crippen LogP contribution in [-0.4, -0.2) is 34.1 Å². The van der Waals surface area contributed by atoms with Crippen LogP contribution in [0.5, 0.6) is 0 Å². The molecule has 1 aromatic rings. The second-order valence-corrected chi connectivity index (χ2v) is 5.31. The molecule has 0 bridgehead atoms. The summed E-state index contributed by atoms with van der Waals surface area (Å²) in [6, 6.07) is 1.29. The minimum absolute atomic E-state index is 0.314. The molecule has 0 saturated carbocycles. The number of piperidine rings is 1. The van der Waals surface area contributed by atoms with Crippen LogP contribution in [0.3, 0.4) is 0 Å². The highest BCUT2D eigenvalue weighted by atomic mass is 16.6. The Hall–Kier alpha value is -2.18. The molecule has 1 aliphatic rings. The van der Waals surface area contributed by atoms with Gasteiger partial charge in [0.05, 0.1) is 4.92 Å². The van der Waals surface area contributed by atoms with Crippen molar-refractivity contribution >= 4 is 17.5 Å². The molecule has 108 valence electrons. The van der Waals surface area contributed by atoms with E-state index in [1.807, 2.05) is 4.90 Å². The van der Waals surface area contributed by atoms with Crippen molar-refractivity contribution in [2.75, 3.05) is 18.0 Å². The van der Waals surface area contributed by atoms with Crippen molar-refractivity contribution in [3.63, 3.8) is 0 Å². The molecule has 20 heavy (non-hydrogen) atoms. The van der Waals surface area contributed by atoms with E-state index in [0.29, 0.717) is 17.7 Å². The Morgan fingerprint density at radius 3 is 2.75 bits per heavy atom. The summed E-state index contributed by atoms with van der Waals surface area (Å²) in [4.78, 5) is 27.2.